The van der Waals surface area contributed by atoms with Crippen LogP contribution in [0.25, 0.3) is 6.08 Å². The summed E-state index contributed by atoms with van der Waals surface area (Å²) < 4.78 is 5.07. The number of hydrogen-bond acceptors (Lipinski definition) is 3. The van der Waals surface area contributed by atoms with Crippen LogP contribution in [-0.2, 0) is 0 Å². The highest BCUT2D eigenvalue weighted by molar-refractivity contribution is 5.45. The lowest BCUT2D eigenvalue weighted by molar-refractivity contribution is -0.00720. The molecule has 2 aliphatic heterocycles. The first kappa shape index (κ1) is 9.16. The molecule has 3 nitrogen and oxygen atoms in total. The topological polar surface area (TPSA) is 29.3 Å². The molecule has 1 aromatic heterocycles. The lowest BCUT2D eigenvalue weighted by Gasteiger charge is -2.54. The highest BCUT2D eigenvalue weighted by Crippen LogP contribution is 2.40. The van der Waals surface area contributed by atoms with E-state index in [-0.39, 0.29) is 0 Å². The van der Waals surface area contributed by atoms with Crippen LogP contribution in [0, 0.1) is 0 Å². The molecule has 2 aliphatic rings. The monoisotopic (exact) mass is 204 g/mol. The van der Waals surface area contributed by atoms with E-state index in [1.807, 2.05) is 6.07 Å². The fraction of sp³-hybridized carbons (Fsp3) is 0.583. The third-order valence-electron chi connectivity index (χ3n) is 3.75. The van der Waals surface area contributed by atoms with Gasteiger partial charge >= 0.3 is 0 Å². The van der Waals surface area contributed by atoms with Crippen molar-refractivity contribution in [3.8, 4) is 0 Å². The summed E-state index contributed by atoms with van der Waals surface area (Å²) in [6, 6.07) is 1.90. The summed E-state index contributed by atoms with van der Waals surface area (Å²) >= 11 is 0. The van der Waals surface area contributed by atoms with Crippen LogP contribution in [0.15, 0.2) is 22.9 Å². The number of piperidine rings is 1. The fourth-order valence-electron chi connectivity index (χ4n) is 2.73. The van der Waals surface area contributed by atoms with Gasteiger partial charge in [0, 0.05) is 18.2 Å². The van der Waals surface area contributed by atoms with Crippen molar-refractivity contribution in [3.63, 3.8) is 0 Å². The minimum absolute atomic E-state index is 0.352. The van der Waals surface area contributed by atoms with Crippen LogP contribution in [0.3, 0.4) is 0 Å². The molecule has 0 bridgehead atoms. The van der Waals surface area contributed by atoms with Crippen molar-refractivity contribution in [2.75, 3.05) is 13.1 Å². The van der Waals surface area contributed by atoms with Crippen molar-refractivity contribution in [2.45, 2.75) is 31.2 Å². The number of aromatic nitrogens is 1. The quantitative estimate of drug-likeness (QED) is 0.740. The van der Waals surface area contributed by atoms with Gasteiger partial charge in [0.25, 0.3) is 0 Å². The maximum atomic E-state index is 5.07. The second kappa shape index (κ2) is 3.49. The van der Waals surface area contributed by atoms with Crippen molar-refractivity contribution in [1.29, 1.82) is 0 Å². The van der Waals surface area contributed by atoms with Crippen molar-refractivity contribution in [3.05, 3.63) is 24.1 Å². The third kappa shape index (κ3) is 1.51. The molecule has 3 heteroatoms. The summed E-state index contributed by atoms with van der Waals surface area (Å²) in [5.74, 6) is 0.863. The Hall–Kier alpha value is -1.09. The Morgan fingerprint density at radius 3 is 3.00 bits per heavy atom. The SMILES string of the molecule is C(=C/C12CCCCN1CC2)/c1ccno1. The van der Waals surface area contributed by atoms with Gasteiger partial charge < -0.3 is 4.52 Å². The minimum Gasteiger partial charge on any atom is -0.357 e. The van der Waals surface area contributed by atoms with Crippen LogP contribution < -0.4 is 0 Å². The molecular weight excluding hydrogens is 188 g/mol. The van der Waals surface area contributed by atoms with Gasteiger partial charge in [-0.2, -0.15) is 0 Å². The van der Waals surface area contributed by atoms with E-state index >= 15 is 0 Å². The van der Waals surface area contributed by atoms with Crippen LogP contribution in [0.5, 0.6) is 0 Å². The van der Waals surface area contributed by atoms with Gasteiger partial charge in [-0.3, -0.25) is 4.90 Å². The fourth-order valence-corrected chi connectivity index (χ4v) is 2.73. The van der Waals surface area contributed by atoms with Crippen LogP contribution in [-0.4, -0.2) is 28.7 Å². The van der Waals surface area contributed by atoms with Gasteiger partial charge in [-0.15, -0.1) is 0 Å². The smallest absolute Gasteiger partial charge is 0.159 e. The van der Waals surface area contributed by atoms with E-state index < -0.39 is 0 Å². The Morgan fingerprint density at radius 1 is 1.33 bits per heavy atom. The molecule has 15 heavy (non-hydrogen) atoms. The van der Waals surface area contributed by atoms with E-state index in [2.05, 4.69) is 22.2 Å². The molecule has 0 aliphatic carbocycles. The minimum atomic E-state index is 0.352. The van der Waals surface area contributed by atoms with Crippen LogP contribution in [0.1, 0.15) is 31.4 Å². The molecule has 0 N–H and O–H groups in total. The third-order valence-corrected chi connectivity index (χ3v) is 3.75. The summed E-state index contributed by atoms with van der Waals surface area (Å²) in [6.07, 6.45) is 11.4. The predicted molar refractivity (Wildman–Crippen MR) is 58.3 cm³/mol. The van der Waals surface area contributed by atoms with Crippen LogP contribution >= 0.6 is 0 Å². The van der Waals surface area contributed by atoms with Gasteiger partial charge in [-0.05, 0) is 31.9 Å². The summed E-state index contributed by atoms with van der Waals surface area (Å²) in [4.78, 5) is 2.59. The van der Waals surface area contributed by atoms with Crippen LogP contribution in [0.4, 0.5) is 0 Å². The standard InChI is InChI=1S/C12H16N2O/c1-2-9-14-10-7-12(14,5-1)6-3-11-4-8-13-15-11/h3-4,6,8H,1-2,5,7,9-10H2/b6-3-. The van der Waals surface area contributed by atoms with Gasteiger partial charge in [-0.1, -0.05) is 17.7 Å². The van der Waals surface area contributed by atoms with Gasteiger partial charge in [0.2, 0.25) is 0 Å². The number of fused-ring (bicyclic) bond motifs is 1. The van der Waals surface area contributed by atoms with Gasteiger partial charge in [-0.25, -0.2) is 0 Å². The zero-order valence-electron chi connectivity index (χ0n) is 8.85. The molecule has 0 radical (unpaired) electrons. The van der Waals surface area contributed by atoms with Gasteiger partial charge in [0.15, 0.2) is 5.76 Å². The molecule has 2 saturated heterocycles. The van der Waals surface area contributed by atoms with E-state index in [4.69, 9.17) is 4.52 Å². The summed E-state index contributed by atoms with van der Waals surface area (Å²) in [5, 5.41) is 3.71. The number of nitrogens with zero attached hydrogens (tertiary/aromatic N) is 2. The van der Waals surface area contributed by atoms with Gasteiger partial charge in [0.1, 0.15) is 0 Å². The molecule has 0 aromatic carbocycles. The Labute approximate surface area is 89.7 Å². The molecule has 1 atom stereocenters. The Kier molecular flexibility index (Phi) is 2.13. The molecule has 0 amide bonds. The van der Waals surface area contributed by atoms with Crippen molar-refractivity contribution in [2.24, 2.45) is 0 Å². The van der Waals surface area contributed by atoms with Gasteiger partial charge in [0.05, 0.1) is 6.20 Å². The Bertz CT molecular complexity index is 358. The van der Waals surface area contributed by atoms with Crippen molar-refractivity contribution < 1.29 is 4.52 Å². The molecule has 3 heterocycles. The Balaban J connectivity index is 1.76. The average Bonchev–Trinajstić information content (AvgIpc) is 2.72. The molecule has 0 saturated carbocycles. The van der Waals surface area contributed by atoms with Crippen molar-refractivity contribution in [1.82, 2.24) is 10.1 Å². The normalized spacial score (nSPS) is 31.5. The zero-order valence-corrected chi connectivity index (χ0v) is 8.85. The second-order valence-electron chi connectivity index (χ2n) is 4.55. The lowest BCUT2D eigenvalue weighted by atomic mass is 9.76. The largest absolute Gasteiger partial charge is 0.357 e. The predicted octanol–water partition coefficient (Wildman–Crippen LogP) is 2.32. The molecule has 2 fully saturated rings. The highest BCUT2D eigenvalue weighted by atomic mass is 16.5. The molecule has 3 rings (SSSR count). The molecule has 1 unspecified atom stereocenters. The average molecular weight is 204 g/mol. The zero-order chi connectivity index (χ0) is 10.1. The first-order valence-electron chi connectivity index (χ1n) is 5.74. The summed E-state index contributed by atoms with van der Waals surface area (Å²) in [6.45, 7) is 2.53. The van der Waals surface area contributed by atoms with E-state index in [1.54, 1.807) is 6.20 Å². The second-order valence-corrected chi connectivity index (χ2v) is 4.55. The Morgan fingerprint density at radius 2 is 2.33 bits per heavy atom. The highest BCUT2D eigenvalue weighted by Gasteiger charge is 2.43. The molecule has 0 spiro atoms. The summed E-state index contributed by atoms with van der Waals surface area (Å²) in [7, 11) is 0. The van der Waals surface area contributed by atoms with Crippen LogP contribution in [0.2, 0.25) is 0 Å². The maximum absolute atomic E-state index is 5.07. The van der Waals surface area contributed by atoms with E-state index in [0.717, 1.165) is 5.76 Å². The summed E-state index contributed by atoms with van der Waals surface area (Å²) in [5.41, 5.74) is 0.352. The maximum Gasteiger partial charge on any atom is 0.159 e. The molecular formula is C12H16N2O. The lowest BCUT2D eigenvalue weighted by Crippen LogP contribution is -2.60. The molecule has 1 aromatic rings. The first-order valence-corrected chi connectivity index (χ1v) is 5.74. The van der Waals surface area contributed by atoms with E-state index in [0.29, 0.717) is 5.54 Å². The first-order chi connectivity index (χ1) is 7.39. The van der Waals surface area contributed by atoms with E-state index in [9.17, 15) is 0 Å². The molecule has 80 valence electrons. The number of rotatable bonds is 2. The van der Waals surface area contributed by atoms with E-state index in [1.165, 1.54) is 38.8 Å². The van der Waals surface area contributed by atoms with Crippen molar-refractivity contribution >= 4 is 6.08 Å². The number of hydrogen-bond donors (Lipinski definition) is 0.